The first-order valence-corrected chi connectivity index (χ1v) is 11.8. The van der Waals surface area contributed by atoms with Crippen LogP contribution in [0.15, 0.2) is 59.6 Å². The predicted octanol–water partition coefficient (Wildman–Crippen LogP) is 3.25. The highest BCUT2D eigenvalue weighted by atomic mass is 35.5. The average Bonchev–Trinajstić information content (AvgIpc) is 3.21. The molecule has 10 heteroatoms. The summed E-state index contributed by atoms with van der Waals surface area (Å²) in [6.07, 6.45) is 0.211. The molecule has 0 radical (unpaired) electrons. The lowest BCUT2D eigenvalue weighted by molar-refractivity contribution is -0.116. The van der Waals surface area contributed by atoms with Gasteiger partial charge in [-0.25, -0.2) is 17.8 Å². The number of benzene rings is 2. The Morgan fingerprint density at radius 2 is 1.94 bits per heavy atom. The summed E-state index contributed by atoms with van der Waals surface area (Å²) < 4.78 is 49.0. The minimum Gasteiger partial charge on any atom is -0.355 e. The zero-order chi connectivity index (χ0) is 21.6. The van der Waals surface area contributed by atoms with Gasteiger partial charge in [0.05, 0.1) is 35.3 Å². The number of ether oxygens (including phenoxy) is 1. The fourth-order valence-electron chi connectivity index (χ4n) is 4.27. The molecule has 5 rings (SSSR count). The molecule has 1 spiro atoms. The summed E-state index contributed by atoms with van der Waals surface area (Å²) in [5, 5.41) is 0.566. The Kier molecular flexibility index (Phi) is 5.09. The monoisotopic (exact) mass is 462 g/mol. The van der Waals surface area contributed by atoms with Gasteiger partial charge in [0.1, 0.15) is 5.82 Å². The molecule has 1 aromatic heterocycles. The molecule has 7 nitrogen and oxygen atoms in total. The number of anilines is 1. The summed E-state index contributed by atoms with van der Waals surface area (Å²) in [6, 6.07) is 13.3. The molecule has 0 amide bonds. The number of alkyl halides is 1. The van der Waals surface area contributed by atoms with E-state index in [1.807, 2.05) is 0 Å². The highest BCUT2D eigenvalue weighted by Crippen LogP contribution is 2.40. The molecule has 3 heterocycles. The van der Waals surface area contributed by atoms with Crippen molar-refractivity contribution >= 4 is 38.5 Å². The van der Waals surface area contributed by atoms with E-state index in [2.05, 4.69) is 9.97 Å². The lowest BCUT2D eigenvalue weighted by Gasteiger charge is -2.45. The Balaban J connectivity index is 1.42. The van der Waals surface area contributed by atoms with E-state index in [4.69, 9.17) is 16.3 Å². The van der Waals surface area contributed by atoms with Gasteiger partial charge in [0.25, 0.3) is 0 Å². The van der Waals surface area contributed by atoms with Crippen molar-refractivity contribution in [1.82, 2.24) is 14.3 Å². The van der Waals surface area contributed by atoms with Crippen molar-refractivity contribution < 1.29 is 17.5 Å². The van der Waals surface area contributed by atoms with Crippen LogP contribution in [0.2, 0.25) is 5.02 Å². The number of sulfonamides is 1. The van der Waals surface area contributed by atoms with Gasteiger partial charge in [-0.1, -0.05) is 29.8 Å². The van der Waals surface area contributed by atoms with Crippen LogP contribution in [0.5, 0.6) is 0 Å². The Morgan fingerprint density at radius 3 is 2.71 bits per heavy atom. The number of fused-ring (bicyclic) bond motifs is 1. The molecule has 2 unspecified atom stereocenters. The van der Waals surface area contributed by atoms with Crippen molar-refractivity contribution in [2.24, 2.45) is 0 Å². The maximum atomic E-state index is 15.6. The largest absolute Gasteiger partial charge is 0.355 e. The maximum Gasteiger partial charge on any atom is 0.245 e. The first-order valence-electron chi connectivity index (χ1n) is 9.93. The van der Waals surface area contributed by atoms with Crippen molar-refractivity contribution in [1.29, 1.82) is 0 Å². The van der Waals surface area contributed by atoms with E-state index >= 15 is 4.39 Å². The van der Waals surface area contributed by atoms with Crippen molar-refractivity contribution in [2.75, 3.05) is 31.1 Å². The number of hydrogen-bond acceptors (Lipinski definition) is 6. The molecule has 0 N–H and O–H groups in total. The van der Waals surface area contributed by atoms with Crippen LogP contribution < -0.4 is 4.90 Å². The van der Waals surface area contributed by atoms with Crippen LogP contribution in [0.1, 0.15) is 6.42 Å². The summed E-state index contributed by atoms with van der Waals surface area (Å²) in [5.41, 5.74) is -0.202. The Morgan fingerprint density at radius 1 is 1.13 bits per heavy atom. The minimum atomic E-state index is -3.89. The Hall–Kier alpha value is -2.33. The van der Waals surface area contributed by atoms with Crippen molar-refractivity contribution in [3.63, 3.8) is 0 Å². The van der Waals surface area contributed by atoms with Crippen molar-refractivity contribution in [3.8, 4) is 0 Å². The molecule has 2 fully saturated rings. The molecular formula is C21H20ClFN4O3S. The van der Waals surface area contributed by atoms with Crippen LogP contribution in [-0.4, -0.2) is 60.8 Å². The fourth-order valence-corrected chi connectivity index (χ4v) is 6.17. The topological polar surface area (TPSA) is 75.6 Å². The van der Waals surface area contributed by atoms with Gasteiger partial charge in [-0.2, -0.15) is 4.31 Å². The van der Waals surface area contributed by atoms with Gasteiger partial charge in [-0.3, -0.25) is 4.98 Å². The molecule has 0 bridgehead atoms. The van der Waals surface area contributed by atoms with Gasteiger partial charge in [-0.05, 0) is 30.3 Å². The first kappa shape index (κ1) is 20.6. The van der Waals surface area contributed by atoms with E-state index in [9.17, 15) is 8.42 Å². The lowest BCUT2D eigenvalue weighted by atomic mass is 9.98. The molecule has 2 saturated heterocycles. The van der Waals surface area contributed by atoms with Gasteiger partial charge in [0, 0.05) is 24.5 Å². The van der Waals surface area contributed by atoms with Gasteiger partial charge in [0.15, 0.2) is 11.9 Å². The number of rotatable bonds is 3. The number of hydrogen-bond donors (Lipinski definition) is 0. The summed E-state index contributed by atoms with van der Waals surface area (Å²) in [6.45, 7) is 0.612. The SMILES string of the molecule is O=S(=O)(c1ccccc1)N1CCOC12CCN(c1cnc3cc(Cl)ccc3n1)CC2F. The Labute approximate surface area is 184 Å². The van der Waals surface area contributed by atoms with Crippen LogP contribution in [0, 0.1) is 0 Å². The van der Waals surface area contributed by atoms with Gasteiger partial charge < -0.3 is 9.64 Å². The molecular weight excluding hydrogens is 443 g/mol. The average molecular weight is 463 g/mol. The van der Waals surface area contributed by atoms with Crippen LogP contribution in [-0.2, 0) is 14.8 Å². The molecule has 0 aliphatic carbocycles. The Bertz CT molecular complexity index is 1230. The smallest absolute Gasteiger partial charge is 0.245 e. The normalized spacial score (nSPS) is 24.8. The van der Waals surface area contributed by atoms with Crippen molar-refractivity contribution in [2.45, 2.75) is 23.2 Å². The van der Waals surface area contributed by atoms with Crippen LogP contribution in [0.4, 0.5) is 10.2 Å². The third kappa shape index (κ3) is 3.45. The molecule has 0 saturated carbocycles. The van der Waals surface area contributed by atoms with E-state index in [0.29, 0.717) is 28.4 Å². The van der Waals surface area contributed by atoms with E-state index in [-0.39, 0.29) is 31.0 Å². The minimum absolute atomic E-state index is 0.0470. The van der Waals surface area contributed by atoms with Crippen LogP contribution in [0.25, 0.3) is 11.0 Å². The molecule has 2 aliphatic heterocycles. The van der Waals surface area contributed by atoms with Gasteiger partial charge >= 0.3 is 0 Å². The number of aromatic nitrogens is 2. The number of piperidine rings is 1. The molecule has 3 aromatic rings. The summed E-state index contributed by atoms with van der Waals surface area (Å²) in [4.78, 5) is 10.8. The third-order valence-corrected chi connectivity index (χ3v) is 8.00. The predicted molar refractivity (Wildman–Crippen MR) is 115 cm³/mol. The fraction of sp³-hybridized carbons (Fsp3) is 0.333. The van der Waals surface area contributed by atoms with E-state index in [1.165, 1.54) is 16.4 Å². The number of nitrogens with zero attached hydrogens (tertiary/aromatic N) is 4. The molecule has 2 atom stereocenters. The lowest BCUT2D eigenvalue weighted by Crippen LogP contribution is -2.62. The number of halogens is 2. The third-order valence-electron chi connectivity index (χ3n) is 5.83. The summed E-state index contributed by atoms with van der Waals surface area (Å²) in [7, 11) is -3.89. The van der Waals surface area contributed by atoms with Gasteiger partial charge in [0.2, 0.25) is 10.0 Å². The summed E-state index contributed by atoms with van der Waals surface area (Å²) >= 11 is 5.99. The zero-order valence-corrected chi connectivity index (χ0v) is 18.1. The summed E-state index contributed by atoms with van der Waals surface area (Å²) in [5.74, 6) is 0.530. The molecule has 162 valence electrons. The molecule has 2 aliphatic rings. The van der Waals surface area contributed by atoms with Crippen LogP contribution >= 0.6 is 11.6 Å². The zero-order valence-electron chi connectivity index (χ0n) is 16.5. The second-order valence-corrected chi connectivity index (χ2v) is 9.91. The molecule has 2 aromatic carbocycles. The maximum absolute atomic E-state index is 15.6. The standard InChI is InChI=1S/C21H20ClFN4O3S/c22-15-6-7-17-18(12-15)24-13-20(25-17)26-9-8-21(19(23)14-26)27(10-11-30-21)31(28,29)16-4-2-1-3-5-16/h1-7,12-13,19H,8-11,14H2. The molecule has 31 heavy (non-hydrogen) atoms. The van der Waals surface area contributed by atoms with Crippen molar-refractivity contribution in [3.05, 3.63) is 59.8 Å². The van der Waals surface area contributed by atoms with Crippen LogP contribution in [0.3, 0.4) is 0 Å². The van der Waals surface area contributed by atoms with E-state index in [0.717, 1.165) is 0 Å². The second-order valence-electron chi connectivity index (χ2n) is 7.61. The quantitative estimate of drug-likeness (QED) is 0.594. The van der Waals surface area contributed by atoms with E-state index in [1.54, 1.807) is 47.5 Å². The van der Waals surface area contributed by atoms with E-state index < -0.39 is 21.9 Å². The second kappa shape index (κ2) is 7.67. The highest BCUT2D eigenvalue weighted by Gasteiger charge is 2.56. The first-order chi connectivity index (χ1) is 14.9. The highest BCUT2D eigenvalue weighted by molar-refractivity contribution is 7.89. The van der Waals surface area contributed by atoms with Gasteiger partial charge in [-0.15, -0.1) is 0 Å².